The van der Waals surface area contributed by atoms with E-state index in [1.807, 2.05) is 6.92 Å². The molecule has 4 nitrogen and oxygen atoms in total. The molecule has 1 aliphatic rings. The molecular weight excluding hydrogens is 148 g/mol. The maximum absolute atomic E-state index is 10.6. The number of carbonyl (C=O) groups is 2. The van der Waals surface area contributed by atoms with Crippen LogP contribution in [0.3, 0.4) is 0 Å². The van der Waals surface area contributed by atoms with Gasteiger partial charge >= 0.3 is 11.9 Å². The second-order valence-electron chi connectivity index (χ2n) is 2.70. The highest BCUT2D eigenvalue weighted by Crippen LogP contribution is 2.32. The highest BCUT2D eigenvalue weighted by molar-refractivity contribution is 5.92. The molecule has 1 saturated heterocycles. The van der Waals surface area contributed by atoms with E-state index in [-0.39, 0.29) is 6.42 Å². The summed E-state index contributed by atoms with van der Waals surface area (Å²) >= 11 is 0. The number of hydrogen-bond acceptors (Lipinski definition) is 3. The number of carbonyl (C=O) groups excluding carboxylic acids is 1. The van der Waals surface area contributed by atoms with Crippen LogP contribution in [-0.2, 0) is 14.3 Å². The highest BCUT2D eigenvalue weighted by Gasteiger charge is 2.52. The van der Waals surface area contributed by atoms with Crippen LogP contribution in [0.4, 0.5) is 0 Å². The zero-order chi connectivity index (χ0) is 8.48. The Labute approximate surface area is 64.2 Å². The molecule has 0 amide bonds. The van der Waals surface area contributed by atoms with Crippen LogP contribution in [0.1, 0.15) is 26.2 Å². The van der Waals surface area contributed by atoms with E-state index in [4.69, 9.17) is 5.11 Å². The summed E-state index contributed by atoms with van der Waals surface area (Å²) in [5.41, 5.74) is -1.19. The van der Waals surface area contributed by atoms with Gasteiger partial charge in [0.15, 0.2) is 0 Å². The summed E-state index contributed by atoms with van der Waals surface area (Å²) in [4.78, 5) is 21.0. The van der Waals surface area contributed by atoms with Crippen molar-refractivity contribution in [1.82, 2.24) is 0 Å². The summed E-state index contributed by atoms with van der Waals surface area (Å²) in [6.07, 6.45) is 1.14. The first-order chi connectivity index (χ1) is 5.10. The van der Waals surface area contributed by atoms with E-state index in [1.165, 1.54) is 0 Å². The van der Waals surface area contributed by atoms with Gasteiger partial charge in [0.1, 0.15) is 0 Å². The molecule has 0 unspecified atom stereocenters. The minimum Gasteiger partial charge on any atom is -0.478 e. The van der Waals surface area contributed by atoms with Crippen molar-refractivity contribution < 1.29 is 19.4 Å². The molecule has 1 fully saturated rings. The summed E-state index contributed by atoms with van der Waals surface area (Å²) in [6.45, 7) is 1.86. The monoisotopic (exact) mass is 158 g/mol. The third-order valence-electron chi connectivity index (χ3n) is 1.78. The van der Waals surface area contributed by atoms with E-state index in [0.717, 1.165) is 0 Å². The van der Waals surface area contributed by atoms with Gasteiger partial charge in [0.2, 0.25) is 5.60 Å². The van der Waals surface area contributed by atoms with Gasteiger partial charge in [-0.05, 0) is 6.42 Å². The van der Waals surface area contributed by atoms with E-state index in [9.17, 15) is 9.59 Å². The number of hydrogen-bond donors (Lipinski definition) is 1. The molecule has 0 aromatic rings. The van der Waals surface area contributed by atoms with E-state index < -0.39 is 17.5 Å². The standard InChI is InChI=1S/C7H10O4/c1-2-3-7(6(9)10)4-5(8)11-7/h2-4H2,1H3,(H,9,10)/t7-/m1/s1. The fourth-order valence-corrected chi connectivity index (χ4v) is 1.21. The first-order valence-corrected chi connectivity index (χ1v) is 3.56. The van der Waals surface area contributed by atoms with E-state index in [0.29, 0.717) is 12.8 Å². The second kappa shape index (κ2) is 2.53. The van der Waals surface area contributed by atoms with Crippen LogP contribution in [0.5, 0.6) is 0 Å². The summed E-state index contributed by atoms with van der Waals surface area (Å²) in [6, 6.07) is 0. The smallest absolute Gasteiger partial charge is 0.348 e. The first kappa shape index (κ1) is 8.04. The molecule has 0 radical (unpaired) electrons. The summed E-state index contributed by atoms with van der Waals surface area (Å²) in [5, 5.41) is 8.66. The lowest BCUT2D eigenvalue weighted by Crippen LogP contribution is -2.53. The lowest BCUT2D eigenvalue weighted by atomic mass is 9.89. The van der Waals surface area contributed by atoms with Gasteiger partial charge in [-0.1, -0.05) is 13.3 Å². The third kappa shape index (κ3) is 1.20. The van der Waals surface area contributed by atoms with Crippen LogP contribution >= 0.6 is 0 Å². The lowest BCUT2D eigenvalue weighted by molar-refractivity contribution is -0.205. The summed E-state index contributed by atoms with van der Waals surface area (Å²) in [5.74, 6) is -1.44. The van der Waals surface area contributed by atoms with Crippen molar-refractivity contribution in [2.45, 2.75) is 31.8 Å². The zero-order valence-electron chi connectivity index (χ0n) is 6.29. The molecule has 0 aliphatic carbocycles. The Morgan fingerprint density at radius 3 is 2.64 bits per heavy atom. The predicted octanol–water partition coefficient (Wildman–Crippen LogP) is 0.557. The van der Waals surface area contributed by atoms with Gasteiger partial charge < -0.3 is 9.84 Å². The van der Waals surface area contributed by atoms with E-state index in [2.05, 4.69) is 4.74 Å². The molecular formula is C7H10O4. The molecule has 1 atom stereocenters. The van der Waals surface area contributed by atoms with Gasteiger partial charge in [0.25, 0.3) is 0 Å². The lowest BCUT2D eigenvalue weighted by Gasteiger charge is -2.36. The van der Waals surface area contributed by atoms with Crippen molar-refractivity contribution >= 4 is 11.9 Å². The van der Waals surface area contributed by atoms with E-state index in [1.54, 1.807) is 0 Å². The molecule has 1 rings (SSSR count). The minimum absolute atomic E-state index is 0.0240. The van der Waals surface area contributed by atoms with Gasteiger partial charge in [-0.2, -0.15) is 0 Å². The largest absolute Gasteiger partial charge is 0.478 e. The Bertz CT molecular complexity index is 189. The topological polar surface area (TPSA) is 63.6 Å². The van der Waals surface area contributed by atoms with Gasteiger partial charge in [0, 0.05) is 0 Å². The van der Waals surface area contributed by atoms with E-state index >= 15 is 0 Å². The molecule has 11 heavy (non-hydrogen) atoms. The summed E-state index contributed by atoms with van der Waals surface area (Å²) < 4.78 is 4.59. The van der Waals surface area contributed by atoms with Crippen LogP contribution in [0.2, 0.25) is 0 Å². The molecule has 1 N–H and O–H groups in total. The number of carboxylic acids is 1. The van der Waals surface area contributed by atoms with Gasteiger partial charge in [-0.3, -0.25) is 4.79 Å². The van der Waals surface area contributed by atoms with Crippen molar-refractivity contribution in [3.05, 3.63) is 0 Å². The van der Waals surface area contributed by atoms with Crippen LogP contribution in [0.15, 0.2) is 0 Å². The Kier molecular flexibility index (Phi) is 1.85. The van der Waals surface area contributed by atoms with Crippen molar-refractivity contribution in [2.24, 2.45) is 0 Å². The normalized spacial score (nSPS) is 29.0. The van der Waals surface area contributed by atoms with Gasteiger partial charge in [0.05, 0.1) is 6.42 Å². The van der Waals surface area contributed by atoms with Crippen molar-refractivity contribution in [3.63, 3.8) is 0 Å². The van der Waals surface area contributed by atoms with Crippen LogP contribution in [0, 0.1) is 0 Å². The fraction of sp³-hybridized carbons (Fsp3) is 0.714. The highest BCUT2D eigenvalue weighted by atomic mass is 16.6. The minimum atomic E-state index is -1.19. The second-order valence-corrected chi connectivity index (χ2v) is 2.70. The van der Waals surface area contributed by atoms with Crippen molar-refractivity contribution in [3.8, 4) is 0 Å². The third-order valence-corrected chi connectivity index (χ3v) is 1.78. The average molecular weight is 158 g/mol. The molecule has 0 spiro atoms. The molecule has 0 bridgehead atoms. The molecule has 0 saturated carbocycles. The van der Waals surface area contributed by atoms with Crippen LogP contribution in [0.25, 0.3) is 0 Å². The Balaban J connectivity index is 2.60. The first-order valence-electron chi connectivity index (χ1n) is 3.56. The number of aliphatic carboxylic acids is 1. The predicted molar refractivity (Wildman–Crippen MR) is 36.0 cm³/mol. The van der Waals surface area contributed by atoms with Crippen molar-refractivity contribution in [2.75, 3.05) is 0 Å². The Morgan fingerprint density at radius 1 is 1.82 bits per heavy atom. The molecule has 1 aliphatic heterocycles. The number of esters is 1. The zero-order valence-corrected chi connectivity index (χ0v) is 6.29. The summed E-state index contributed by atoms with van der Waals surface area (Å²) in [7, 11) is 0. The quantitative estimate of drug-likeness (QED) is 0.609. The average Bonchev–Trinajstić information content (AvgIpc) is 1.84. The number of ether oxygens (including phenoxy) is 1. The Morgan fingerprint density at radius 2 is 2.36 bits per heavy atom. The van der Waals surface area contributed by atoms with Crippen molar-refractivity contribution in [1.29, 1.82) is 0 Å². The van der Waals surface area contributed by atoms with Gasteiger partial charge in [-0.25, -0.2) is 4.79 Å². The van der Waals surface area contributed by atoms with Crippen LogP contribution in [-0.4, -0.2) is 22.6 Å². The molecule has 0 aromatic carbocycles. The number of rotatable bonds is 3. The number of cyclic esters (lactones) is 1. The maximum Gasteiger partial charge on any atom is 0.348 e. The Hall–Kier alpha value is -1.06. The van der Waals surface area contributed by atoms with Gasteiger partial charge in [-0.15, -0.1) is 0 Å². The molecule has 62 valence electrons. The SMILES string of the molecule is CCC[C@]1(C(=O)O)CC(=O)O1. The molecule has 1 heterocycles. The maximum atomic E-state index is 10.6. The number of carboxylic acid groups (broad SMARTS) is 1. The molecule has 4 heteroatoms. The molecule has 0 aromatic heterocycles. The van der Waals surface area contributed by atoms with Crippen LogP contribution < -0.4 is 0 Å². The fourth-order valence-electron chi connectivity index (χ4n) is 1.21.